The van der Waals surface area contributed by atoms with Gasteiger partial charge in [-0.3, -0.25) is 4.79 Å². The third kappa shape index (κ3) is 1.44. The third-order valence-corrected chi connectivity index (χ3v) is 2.62. The molecule has 17 heavy (non-hydrogen) atoms. The summed E-state index contributed by atoms with van der Waals surface area (Å²) in [7, 11) is 0. The highest BCUT2D eigenvalue weighted by Crippen LogP contribution is 2.27. The van der Waals surface area contributed by atoms with Gasteiger partial charge in [0.15, 0.2) is 0 Å². The first kappa shape index (κ1) is 10.1. The monoisotopic (exact) mass is 228 g/mol. The lowest BCUT2D eigenvalue weighted by Gasteiger charge is -2.22. The first-order valence-corrected chi connectivity index (χ1v) is 5.03. The maximum absolute atomic E-state index is 11.6. The number of hydrogen-bond donors (Lipinski definition) is 2. The second-order valence-corrected chi connectivity index (χ2v) is 3.83. The smallest absolute Gasteiger partial charge is 0.230 e. The molecular formula is C12H8N2O3. The Morgan fingerprint density at radius 2 is 1.71 bits per heavy atom. The van der Waals surface area contributed by atoms with Gasteiger partial charge in [-0.05, 0) is 24.3 Å². The number of nitrogens with zero attached hydrogens (tertiary/aromatic N) is 2. The third-order valence-electron chi connectivity index (χ3n) is 2.62. The maximum Gasteiger partial charge on any atom is 0.230 e. The molecule has 0 saturated carbocycles. The van der Waals surface area contributed by atoms with E-state index in [-0.39, 0.29) is 17.2 Å². The molecule has 2 aromatic rings. The van der Waals surface area contributed by atoms with Crippen LogP contribution in [0.4, 0.5) is 0 Å². The van der Waals surface area contributed by atoms with Crippen molar-refractivity contribution < 1.29 is 15.0 Å². The van der Waals surface area contributed by atoms with Gasteiger partial charge in [0.1, 0.15) is 11.4 Å². The van der Waals surface area contributed by atoms with E-state index in [4.69, 9.17) is 0 Å². The molecule has 1 aliphatic carbocycles. The van der Waals surface area contributed by atoms with Gasteiger partial charge in [0.05, 0.1) is 11.0 Å². The van der Waals surface area contributed by atoms with E-state index in [1.54, 1.807) is 24.3 Å². The van der Waals surface area contributed by atoms with Gasteiger partial charge in [-0.2, -0.15) is 0 Å². The van der Waals surface area contributed by atoms with E-state index in [0.717, 1.165) is 12.2 Å². The predicted molar refractivity (Wildman–Crippen MR) is 59.1 cm³/mol. The van der Waals surface area contributed by atoms with Crippen LogP contribution in [-0.4, -0.2) is 26.0 Å². The molecule has 0 bridgehead atoms. The number of ketones is 1. The number of benzene rings is 1. The van der Waals surface area contributed by atoms with Crippen molar-refractivity contribution in [2.45, 2.75) is 5.79 Å². The van der Waals surface area contributed by atoms with Gasteiger partial charge >= 0.3 is 0 Å². The largest absolute Gasteiger partial charge is 0.357 e. The van der Waals surface area contributed by atoms with E-state index < -0.39 is 5.79 Å². The molecule has 5 nitrogen and oxygen atoms in total. The van der Waals surface area contributed by atoms with E-state index in [9.17, 15) is 15.0 Å². The number of fused-ring (bicyclic) bond motifs is 2. The van der Waals surface area contributed by atoms with Gasteiger partial charge in [0.2, 0.25) is 11.6 Å². The van der Waals surface area contributed by atoms with Crippen LogP contribution in [-0.2, 0) is 5.79 Å². The van der Waals surface area contributed by atoms with Crippen molar-refractivity contribution in [2.75, 3.05) is 0 Å². The minimum Gasteiger partial charge on any atom is -0.357 e. The molecule has 1 aromatic heterocycles. The summed E-state index contributed by atoms with van der Waals surface area (Å²) >= 11 is 0. The van der Waals surface area contributed by atoms with E-state index in [0.29, 0.717) is 11.0 Å². The number of hydrogen-bond acceptors (Lipinski definition) is 5. The van der Waals surface area contributed by atoms with E-state index in [2.05, 4.69) is 9.97 Å². The zero-order valence-electron chi connectivity index (χ0n) is 8.66. The molecule has 0 amide bonds. The number of carbonyl (C=O) groups excluding carboxylic acids is 1. The van der Waals surface area contributed by atoms with Gasteiger partial charge in [0, 0.05) is 0 Å². The summed E-state index contributed by atoms with van der Waals surface area (Å²) in [6.07, 6.45) is 2.09. The summed E-state index contributed by atoms with van der Waals surface area (Å²) in [4.78, 5) is 19.8. The van der Waals surface area contributed by atoms with E-state index in [1.807, 2.05) is 0 Å². The molecular weight excluding hydrogens is 220 g/mol. The van der Waals surface area contributed by atoms with Gasteiger partial charge in [0.25, 0.3) is 0 Å². The standard InChI is InChI=1S/C12H8N2O3/c15-9-5-6-12(16,17)11-10(9)13-7-3-1-2-4-8(7)14-11/h1-6,16-17H. The Kier molecular flexibility index (Phi) is 1.89. The summed E-state index contributed by atoms with van der Waals surface area (Å²) in [6.45, 7) is 0. The van der Waals surface area contributed by atoms with Crippen molar-refractivity contribution in [1.29, 1.82) is 0 Å². The fraction of sp³-hybridized carbons (Fsp3) is 0.0833. The van der Waals surface area contributed by atoms with Crippen molar-refractivity contribution in [3.8, 4) is 0 Å². The fourth-order valence-corrected chi connectivity index (χ4v) is 1.78. The normalized spacial score (nSPS) is 17.2. The van der Waals surface area contributed by atoms with Crippen LogP contribution >= 0.6 is 0 Å². The number of para-hydroxylation sites is 2. The molecule has 0 spiro atoms. The topological polar surface area (TPSA) is 83.3 Å². The van der Waals surface area contributed by atoms with Crippen molar-refractivity contribution in [3.63, 3.8) is 0 Å². The number of aromatic nitrogens is 2. The molecule has 0 saturated heterocycles. The summed E-state index contributed by atoms with van der Waals surface area (Å²) in [5.74, 6) is -2.61. The van der Waals surface area contributed by atoms with Crippen molar-refractivity contribution >= 4 is 16.8 Å². The number of rotatable bonds is 0. The maximum atomic E-state index is 11.6. The highest BCUT2D eigenvalue weighted by Gasteiger charge is 2.34. The molecule has 1 aromatic carbocycles. The van der Waals surface area contributed by atoms with Crippen molar-refractivity contribution in [3.05, 3.63) is 47.8 Å². The van der Waals surface area contributed by atoms with Gasteiger partial charge in [-0.1, -0.05) is 12.1 Å². The van der Waals surface area contributed by atoms with Gasteiger partial charge < -0.3 is 10.2 Å². The molecule has 1 aliphatic rings. The van der Waals surface area contributed by atoms with Crippen LogP contribution in [0.3, 0.4) is 0 Å². The quantitative estimate of drug-likeness (QED) is 0.642. The zero-order chi connectivity index (χ0) is 12.0. The molecule has 0 atom stereocenters. The Morgan fingerprint density at radius 1 is 1.06 bits per heavy atom. The lowest BCUT2D eigenvalue weighted by atomic mass is 10.0. The number of allylic oxidation sites excluding steroid dienone is 1. The van der Waals surface area contributed by atoms with E-state index >= 15 is 0 Å². The predicted octanol–water partition coefficient (Wildman–Crippen LogP) is 0.520. The Morgan fingerprint density at radius 3 is 2.41 bits per heavy atom. The molecule has 0 aliphatic heterocycles. The highest BCUT2D eigenvalue weighted by atomic mass is 16.5. The Bertz CT molecular complexity index is 662. The number of aliphatic hydroxyl groups is 2. The van der Waals surface area contributed by atoms with Crippen LogP contribution in [0, 0.1) is 0 Å². The van der Waals surface area contributed by atoms with E-state index in [1.165, 1.54) is 0 Å². The van der Waals surface area contributed by atoms with Crippen molar-refractivity contribution in [2.24, 2.45) is 0 Å². The Balaban J connectivity index is 2.39. The molecule has 2 N–H and O–H groups in total. The van der Waals surface area contributed by atoms with Crippen LogP contribution in [0.2, 0.25) is 0 Å². The first-order chi connectivity index (χ1) is 8.08. The van der Waals surface area contributed by atoms with Crippen LogP contribution in [0.5, 0.6) is 0 Å². The lowest BCUT2D eigenvalue weighted by molar-refractivity contribution is -0.129. The van der Waals surface area contributed by atoms with Crippen LogP contribution in [0.15, 0.2) is 36.4 Å². The van der Waals surface area contributed by atoms with Gasteiger partial charge in [-0.25, -0.2) is 9.97 Å². The Labute approximate surface area is 96.1 Å². The summed E-state index contributed by atoms with van der Waals surface area (Å²) in [5, 5.41) is 19.4. The molecule has 3 rings (SSSR count). The summed E-state index contributed by atoms with van der Waals surface area (Å²) < 4.78 is 0. The van der Waals surface area contributed by atoms with Crippen LogP contribution < -0.4 is 0 Å². The summed E-state index contributed by atoms with van der Waals surface area (Å²) in [6, 6.07) is 6.95. The molecule has 84 valence electrons. The fourth-order valence-electron chi connectivity index (χ4n) is 1.78. The second-order valence-electron chi connectivity index (χ2n) is 3.83. The van der Waals surface area contributed by atoms with Gasteiger partial charge in [-0.15, -0.1) is 0 Å². The minimum atomic E-state index is -2.24. The lowest BCUT2D eigenvalue weighted by Crippen LogP contribution is -2.30. The average molecular weight is 228 g/mol. The highest BCUT2D eigenvalue weighted by molar-refractivity contribution is 6.06. The van der Waals surface area contributed by atoms with Crippen LogP contribution in [0.25, 0.3) is 11.0 Å². The van der Waals surface area contributed by atoms with Crippen LogP contribution in [0.1, 0.15) is 16.2 Å². The number of carbonyl (C=O) groups is 1. The minimum absolute atomic E-state index is 0.0174. The zero-order valence-corrected chi connectivity index (χ0v) is 8.66. The Hall–Kier alpha value is -2.11. The molecule has 0 unspecified atom stereocenters. The van der Waals surface area contributed by atoms with Crippen molar-refractivity contribution in [1.82, 2.24) is 9.97 Å². The molecule has 0 fully saturated rings. The molecule has 0 radical (unpaired) electrons. The second kappa shape index (κ2) is 3.19. The molecule has 1 heterocycles. The summed E-state index contributed by atoms with van der Waals surface area (Å²) in [5.41, 5.74) is 0.924. The average Bonchev–Trinajstić information content (AvgIpc) is 2.33. The first-order valence-electron chi connectivity index (χ1n) is 5.03. The SMILES string of the molecule is O=C1C=CC(O)(O)c2nc3ccccc3nc21. The molecule has 5 heteroatoms.